The molecule has 0 atom stereocenters. The number of carbonyl (C=O) groups excluding carboxylic acids is 1. The SMILES string of the molecule is Cn1c(=O)oc2cc(-c3nn(CC(=O)N(c4ccc5c(c4)OC(F)(F)O5)C4CC4)c(=O)c4nc[nH]c34)ccc21. The molecule has 7 rings (SSSR count). The van der Waals surface area contributed by atoms with Gasteiger partial charge in [-0.1, -0.05) is 6.07 Å². The molecule has 0 saturated heterocycles. The first-order valence-corrected chi connectivity index (χ1v) is 11.9. The van der Waals surface area contributed by atoms with E-state index in [2.05, 4.69) is 24.5 Å². The number of amides is 1. The number of hydrogen-bond acceptors (Lipinski definition) is 8. The molecule has 1 fully saturated rings. The molecule has 1 N–H and O–H groups in total. The Hall–Kier alpha value is -5.01. The van der Waals surface area contributed by atoms with Crippen LogP contribution in [0.3, 0.4) is 0 Å². The van der Waals surface area contributed by atoms with E-state index in [1.807, 2.05) is 0 Å². The summed E-state index contributed by atoms with van der Waals surface area (Å²) in [6.45, 7) is -0.432. The number of imidazole rings is 1. The molecular formula is C25H18F2N6O6. The number of ether oxygens (including phenoxy) is 2. The first-order valence-electron chi connectivity index (χ1n) is 11.9. The normalized spacial score (nSPS) is 15.8. The fourth-order valence-corrected chi connectivity index (χ4v) is 4.75. The topological polar surface area (TPSA) is 137 Å². The van der Waals surface area contributed by atoms with Gasteiger partial charge in [-0.15, -0.1) is 8.78 Å². The van der Waals surface area contributed by atoms with Crippen molar-refractivity contribution in [2.24, 2.45) is 7.05 Å². The molecule has 1 amide bonds. The molecule has 1 aliphatic heterocycles. The van der Waals surface area contributed by atoms with Crippen LogP contribution in [0.2, 0.25) is 0 Å². The van der Waals surface area contributed by atoms with Crippen molar-refractivity contribution in [1.29, 1.82) is 0 Å². The van der Waals surface area contributed by atoms with E-state index in [0.717, 1.165) is 4.68 Å². The number of benzene rings is 2. The average Bonchev–Trinajstić information content (AvgIpc) is 3.38. The Labute approximate surface area is 216 Å². The minimum absolute atomic E-state index is 0.0747. The Morgan fingerprint density at radius 2 is 1.95 bits per heavy atom. The Morgan fingerprint density at radius 3 is 2.74 bits per heavy atom. The molecule has 3 aromatic heterocycles. The molecule has 0 unspecified atom stereocenters. The lowest BCUT2D eigenvalue weighted by molar-refractivity contribution is -0.286. The molecule has 5 aromatic rings. The van der Waals surface area contributed by atoms with Gasteiger partial charge in [0.05, 0.1) is 17.4 Å². The molecule has 0 bridgehead atoms. The molecule has 198 valence electrons. The van der Waals surface area contributed by atoms with Crippen LogP contribution >= 0.6 is 0 Å². The van der Waals surface area contributed by atoms with Gasteiger partial charge in [0.2, 0.25) is 5.91 Å². The van der Waals surface area contributed by atoms with Crippen molar-refractivity contribution in [3.63, 3.8) is 0 Å². The zero-order chi connectivity index (χ0) is 27.1. The number of aromatic nitrogens is 5. The second-order valence-electron chi connectivity index (χ2n) is 9.34. The van der Waals surface area contributed by atoms with E-state index in [1.54, 1.807) is 25.2 Å². The third-order valence-electron chi connectivity index (χ3n) is 6.73. The summed E-state index contributed by atoms with van der Waals surface area (Å²) in [5.41, 5.74) is 1.95. The molecule has 0 spiro atoms. The van der Waals surface area contributed by atoms with Gasteiger partial charge in [-0.2, -0.15) is 5.10 Å². The predicted octanol–water partition coefficient (Wildman–Crippen LogP) is 2.75. The number of oxazole rings is 1. The molecule has 4 heterocycles. The quantitative estimate of drug-likeness (QED) is 0.362. The molecule has 1 saturated carbocycles. The average molecular weight is 536 g/mol. The van der Waals surface area contributed by atoms with E-state index in [9.17, 15) is 23.2 Å². The highest BCUT2D eigenvalue weighted by Crippen LogP contribution is 2.44. The van der Waals surface area contributed by atoms with Crippen LogP contribution in [0.1, 0.15) is 12.8 Å². The number of fused-ring (bicyclic) bond motifs is 3. The van der Waals surface area contributed by atoms with Gasteiger partial charge < -0.3 is 23.8 Å². The Bertz CT molecular complexity index is 1940. The number of halogens is 2. The number of aryl methyl sites for hydroxylation is 1. The van der Waals surface area contributed by atoms with Crippen molar-refractivity contribution in [3.05, 3.63) is 63.6 Å². The van der Waals surface area contributed by atoms with Crippen molar-refractivity contribution >= 4 is 33.7 Å². The number of anilines is 1. The van der Waals surface area contributed by atoms with Gasteiger partial charge in [-0.3, -0.25) is 14.2 Å². The van der Waals surface area contributed by atoms with E-state index in [0.29, 0.717) is 46.4 Å². The smallest absolute Gasteiger partial charge is 0.408 e. The summed E-state index contributed by atoms with van der Waals surface area (Å²) in [6, 6.07) is 8.98. The monoisotopic (exact) mass is 536 g/mol. The molecular weight excluding hydrogens is 518 g/mol. The lowest BCUT2D eigenvalue weighted by Crippen LogP contribution is -2.39. The maximum atomic E-state index is 13.5. The van der Waals surface area contributed by atoms with E-state index >= 15 is 0 Å². The predicted molar refractivity (Wildman–Crippen MR) is 132 cm³/mol. The summed E-state index contributed by atoms with van der Waals surface area (Å²) in [5.74, 6) is -1.31. The first kappa shape index (κ1) is 23.1. The van der Waals surface area contributed by atoms with Crippen molar-refractivity contribution in [3.8, 4) is 22.8 Å². The largest absolute Gasteiger partial charge is 0.586 e. The van der Waals surface area contributed by atoms with Gasteiger partial charge in [0.25, 0.3) is 5.56 Å². The van der Waals surface area contributed by atoms with Crippen LogP contribution in [0.5, 0.6) is 11.5 Å². The maximum Gasteiger partial charge on any atom is 0.586 e. The zero-order valence-corrected chi connectivity index (χ0v) is 20.2. The van der Waals surface area contributed by atoms with Crippen LogP contribution in [0.4, 0.5) is 14.5 Å². The summed E-state index contributed by atoms with van der Waals surface area (Å²) in [4.78, 5) is 47.2. The molecule has 2 aliphatic rings. The summed E-state index contributed by atoms with van der Waals surface area (Å²) in [5, 5.41) is 4.47. The lowest BCUT2D eigenvalue weighted by atomic mass is 10.1. The third kappa shape index (κ3) is 3.74. The summed E-state index contributed by atoms with van der Waals surface area (Å²) >= 11 is 0. The van der Waals surface area contributed by atoms with Gasteiger partial charge in [-0.25, -0.2) is 14.5 Å². The minimum Gasteiger partial charge on any atom is -0.408 e. The highest BCUT2D eigenvalue weighted by Gasteiger charge is 2.44. The number of rotatable bonds is 5. The Morgan fingerprint density at radius 1 is 1.15 bits per heavy atom. The van der Waals surface area contributed by atoms with Crippen LogP contribution < -0.4 is 25.7 Å². The third-order valence-corrected chi connectivity index (χ3v) is 6.73. The van der Waals surface area contributed by atoms with Crippen LogP contribution in [0, 0.1) is 0 Å². The van der Waals surface area contributed by atoms with Gasteiger partial charge in [0.15, 0.2) is 22.6 Å². The maximum absolute atomic E-state index is 13.5. The zero-order valence-electron chi connectivity index (χ0n) is 20.2. The highest BCUT2D eigenvalue weighted by molar-refractivity contribution is 5.95. The Balaban J connectivity index is 1.27. The minimum atomic E-state index is -3.78. The van der Waals surface area contributed by atoms with E-state index in [-0.39, 0.29) is 23.1 Å². The van der Waals surface area contributed by atoms with Crippen LogP contribution in [0.15, 0.2) is 56.7 Å². The lowest BCUT2D eigenvalue weighted by Gasteiger charge is -2.23. The molecule has 39 heavy (non-hydrogen) atoms. The highest BCUT2D eigenvalue weighted by atomic mass is 19.3. The number of alkyl halides is 2. The van der Waals surface area contributed by atoms with Gasteiger partial charge >= 0.3 is 12.1 Å². The van der Waals surface area contributed by atoms with Crippen LogP contribution in [-0.2, 0) is 18.4 Å². The second-order valence-corrected chi connectivity index (χ2v) is 9.34. The molecule has 1 aliphatic carbocycles. The summed E-state index contributed by atoms with van der Waals surface area (Å²) in [7, 11) is 1.59. The van der Waals surface area contributed by atoms with Crippen LogP contribution in [0.25, 0.3) is 33.4 Å². The van der Waals surface area contributed by atoms with Gasteiger partial charge in [-0.05, 0) is 37.1 Å². The number of H-pyrrole nitrogens is 1. The standard InChI is InChI=1S/C25H18F2N6O6/c1-31-15-6-2-12(8-17(15)37-24(31)36)20-21-22(29-11-28-21)23(35)32(30-20)10-19(34)33(13-3-4-13)14-5-7-16-18(9-14)39-25(26,27)38-16/h2,5-9,11,13H,3-4,10H2,1H3,(H,28,29). The van der Waals surface area contributed by atoms with Gasteiger partial charge in [0.1, 0.15) is 12.2 Å². The number of nitrogens with one attached hydrogen (secondary N) is 1. The van der Waals surface area contributed by atoms with Gasteiger partial charge in [0, 0.05) is 30.4 Å². The van der Waals surface area contributed by atoms with Crippen molar-refractivity contribution in [2.75, 3.05) is 4.90 Å². The number of aromatic amines is 1. The molecule has 0 radical (unpaired) electrons. The van der Waals surface area contributed by atoms with Crippen molar-refractivity contribution in [2.45, 2.75) is 31.7 Å². The van der Waals surface area contributed by atoms with E-state index in [4.69, 9.17) is 4.42 Å². The Kier molecular flexibility index (Phi) is 4.74. The van der Waals surface area contributed by atoms with E-state index < -0.39 is 30.1 Å². The molecule has 14 heteroatoms. The number of hydrogen-bond donors (Lipinski definition) is 1. The fraction of sp³-hybridized carbons (Fsp3) is 0.240. The molecule has 2 aromatic carbocycles. The van der Waals surface area contributed by atoms with Crippen molar-refractivity contribution < 1.29 is 27.5 Å². The van der Waals surface area contributed by atoms with E-state index in [1.165, 1.54) is 34.0 Å². The van der Waals surface area contributed by atoms with Crippen LogP contribution in [-0.4, -0.2) is 42.6 Å². The number of nitrogens with zero attached hydrogens (tertiary/aromatic N) is 5. The second kappa shape index (κ2) is 7.99. The first-order chi connectivity index (χ1) is 18.7. The fourth-order valence-electron chi connectivity index (χ4n) is 4.75. The van der Waals surface area contributed by atoms with Crippen molar-refractivity contribution in [1.82, 2.24) is 24.3 Å². The summed E-state index contributed by atoms with van der Waals surface area (Å²) in [6.07, 6.45) is -1.01. The molecule has 12 nitrogen and oxygen atoms in total. The summed E-state index contributed by atoms with van der Waals surface area (Å²) < 4.78 is 43.7. The number of carbonyl (C=O) groups is 1.